The number of carbonyl (C=O) groups is 3. The molecule has 1 N–H and O–H groups in total. The van der Waals surface area contributed by atoms with Crippen molar-refractivity contribution in [3.63, 3.8) is 0 Å². The second-order valence-corrected chi connectivity index (χ2v) is 6.39. The van der Waals surface area contributed by atoms with Gasteiger partial charge in [-0.05, 0) is 55.5 Å². The summed E-state index contributed by atoms with van der Waals surface area (Å²) in [6, 6.07) is 13.6. The van der Waals surface area contributed by atoms with Gasteiger partial charge in [0.05, 0.1) is 25.2 Å². The van der Waals surface area contributed by atoms with Crippen molar-refractivity contribution in [1.82, 2.24) is 0 Å². The number of hydrogen-bond donors (Lipinski definition) is 1. The van der Waals surface area contributed by atoms with Crippen molar-refractivity contribution < 1.29 is 23.9 Å². The average molecular weight is 382 g/mol. The molecule has 1 atom stereocenters. The molecule has 0 spiro atoms. The lowest BCUT2D eigenvalue weighted by molar-refractivity contribution is -0.122. The van der Waals surface area contributed by atoms with Crippen LogP contribution in [0.15, 0.2) is 48.5 Å². The largest absolute Gasteiger partial charge is 0.497 e. The zero-order valence-corrected chi connectivity index (χ0v) is 15.8. The van der Waals surface area contributed by atoms with E-state index in [0.29, 0.717) is 30.2 Å². The lowest BCUT2D eigenvalue weighted by Gasteiger charge is -2.17. The number of amides is 2. The summed E-state index contributed by atoms with van der Waals surface area (Å²) in [4.78, 5) is 38.2. The van der Waals surface area contributed by atoms with E-state index in [1.807, 2.05) is 0 Å². The van der Waals surface area contributed by atoms with E-state index in [2.05, 4.69) is 5.32 Å². The van der Waals surface area contributed by atoms with E-state index in [1.165, 1.54) is 0 Å². The van der Waals surface area contributed by atoms with Crippen molar-refractivity contribution in [2.24, 2.45) is 5.92 Å². The van der Waals surface area contributed by atoms with Crippen LogP contribution in [0.1, 0.15) is 23.7 Å². The smallest absolute Gasteiger partial charge is 0.338 e. The molecular formula is C21H22N2O5. The summed E-state index contributed by atoms with van der Waals surface area (Å²) in [7, 11) is 1.58. The molecule has 0 unspecified atom stereocenters. The van der Waals surface area contributed by atoms with Gasteiger partial charge in [0.25, 0.3) is 0 Å². The van der Waals surface area contributed by atoms with Gasteiger partial charge in [0.1, 0.15) is 5.75 Å². The normalized spacial score (nSPS) is 16.0. The fourth-order valence-electron chi connectivity index (χ4n) is 3.04. The molecule has 2 aromatic carbocycles. The Bertz CT molecular complexity index is 861. The third-order valence-corrected chi connectivity index (χ3v) is 4.54. The lowest BCUT2D eigenvalue weighted by Crippen LogP contribution is -2.28. The number of benzene rings is 2. The van der Waals surface area contributed by atoms with E-state index < -0.39 is 11.9 Å². The van der Waals surface area contributed by atoms with Gasteiger partial charge in [0, 0.05) is 24.3 Å². The molecule has 1 saturated heterocycles. The van der Waals surface area contributed by atoms with Crippen molar-refractivity contribution in [2.75, 3.05) is 30.5 Å². The van der Waals surface area contributed by atoms with E-state index >= 15 is 0 Å². The number of rotatable bonds is 6. The van der Waals surface area contributed by atoms with E-state index in [9.17, 15) is 14.4 Å². The maximum atomic E-state index is 12.6. The molecule has 146 valence electrons. The Balaban J connectivity index is 1.62. The zero-order chi connectivity index (χ0) is 20.1. The lowest BCUT2D eigenvalue weighted by atomic mass is 10.1. The first-order valence-electron chi connectivity index (χ1n) is 9.04. The number of anilines is 2. The third kappa shape index (κ3) is 4.31. The highest BCUT2D eigenvalue weighted by Gasteiger charge is 2.35. The highest BCUT2D eigenvalue weighted by atomic mass is 16.5. The Morgan fingerprint density at radius 1 is 1.11 bits per heavy atom. The van der Waals surface area contributed by atoms with E-state index in [0.717, 1.165) is 5.69 Å². The Hall–Kier alpha value is -3.35. The van der Waals surface area contributed by atoms with E-state index in [4.69, 9.17) is 9.47 Å². The molecule has 0 aromatic heterocycles. The van der Waals surface area contributed by atoms with Crippen molar-refractivity contribution in [3.05, 3.63) is 54.1 Å². The van der Waals surface area contributed by atoms with Crippen molar-refractivity contribution in [2.45, 2.75) is 13.3 Å². The number of carbonyl (C=O) groups excluding carboxylic acids is 3. The molecule has 7 heteroatoms. The predicted molar refractivity (Wildman–Crippen MR) is 104 cm³/mol. The summed E-state index contributed by atoms with van der Waals surface area (Å²) in [6.07, 6.45) is 0.152. The second-order valence-electron chi connectivity index (χ2n) is 6.39. The van der Waals surface area contributed by atoms with Crippen molar-refractivity contribution in [3.8, 4) is 5.75 Å². The molecule has 0 radical (unpaired) electrons. The standard InChI is InChI=1S/C21H22N2O5/c1-3-28-21(26)14-4-6-16(7-5-14)22-20(25)15-12-19(24)23(13-15)17-8-10-18(27-2)11-9-17/h4-11,15H,3,12-13H2,1-2H3,(H,22,25)/t15-/m0/s1. The molecule has 7 nitrogen and oxygen atoms in total. The number of methoxy groups -OCH3 is 1. The van der Waals surface area contributed by atoms with Gasteiger partial charge in [0.2, 0.25) is 11.8 Å². The predicted octanol–water partition coefficient (Wildman–Crippen LogP) is 2.86. The van der Waals surface area contributed by atoms with Crippen LogP contribution in [-0.2, 0) is 14.3 Å². The van der Waals surface area contributed by atoms with Crippen molar-refractivity contribution in [1.29, 1.82) is 0 Å². The van der Waals surface area contributed by atoms with Gasteiger partial charge in [-0.3, -0.25) is 9.59 Å². The van der Waals surface area contributed by atoms with Gasteiger partial charge in [-0.2, -0.15) is 0 Å². The van der Waals surface area contributed by atoms with Gasteiger partial charge < -0.3 is 19.7 Å². The fraction of sp³-hybridized carbons (Fsp3) is 0.286. The Morgan fingerprint density at radius 3 is 2.39 bits per heavy atom. The summed E-state index contributed by atoms with van der Waals surface area (Å²) in [5.41, 5.74) is 1.72. The zero-order valence-electron chi connectivity index (χ0n) is 15.8. The molecule has 1 aliphatic heterocycles. The Labute approximate surface area is 163 Å². The Kier molecular flexibility index (Phi) is 5.93. The van der Waals surface area contributed by atoms with Gasteiger partial charge in [-0.15, -0.1) is 0 Å². The number of nitrogens with one attached hydrogen (secondary N) is 1. The SMILES string of the molecule is CCOC(=O)c1ccc(NC(=O)[C@H]2CC(=O)N(c3ccc(OC)cc3)C2)cc1. The fourth-order valence-corrected chi connectivity index (χ4v) is 3.04. The summed E-state index contributed by atoms with van der Waals surface area (Å²) >= 11 is 0. The van der Waals surface area contributed by atoms with Crippen LogP contribution in [0.4, 0.5) is 11.4 Å². The van der Waals surface area contributed by atoms with E-state index in [1.54, 1.807) is 67.5 Å². The second kappa shape index (κ2) is 8.56. The van der Waals surface area contributed by atoms with Crippen LogP contribution in [0.3, 0.4) is 0 Å². The number of ether oxygens (including phenoxy) is 2. The van der Waals surface area contributed by atoms with E-state index in [-0.39, 0.29) is 18.2 Å². The molecule has 0 saturated carbocycles. The maximum absolute atomic E-state index is 12.6. The molecule has 1 heterocycles. The minimum Gasteiger partial charge on any atom is -0.497 e. The summed E-state index contributed by atoms with van der Waals surface area (Å²) in [5, 5.41) is 2.80. The molecular weight excluding hydrogens is 360 g/mol. The van der Waals surface area contributed by atoms with Gasteiger partial charge in [-0.25, -0.2) is 4.79 Å². The van der Waals surface area contributed by atoms with Crippen molar-refractivity contribution >= 4 is 29.2 Å². The molecule has 0 aliphatic carbocycles. The quantitative estimate of drug-likeness (QED) is 0.777. The molecule has 1 fully saturated rings. The number of esters is 1. The molecule has 2 aromatic rings. The highest BCUT2D eigenvalue weighted by Crippen LogP contribution is 2.27. The maximum Gasteiger partial charge on any atom is 0.338 e. The minimum absolute atomic E-state index is 0.0945. The van der Waals surface area contributed by atoms with Crippen LogP contribution >= 0.6 is 0 Å². The van der Waals surface area contributed by atoms with Crippen LogP contribution in [0.25, 0.3) is 0 Å². The number of hydrogen-bond acceptors (Lipinski definition) is 5. The molecule has 2 amide bonds. The minimum atomic E-state index is -0.445. The third-order valence-electron chi connectivity index (χ3n) is 4.54. The number of nitrogens with zero attached hydrogens (tertiary/aromatic N) is 1. The van der Waals surface area contributed by atoms with Gasteiger partial charge >= 0.3 is 5.97 Å². The van der Waals surface area contributed by atoms with Crippen LogP contribution in [-0.4, -0.2) is 38.0 Å². The Morgan fingerprint density at radius 2 is 1.79 bits per heavy atom. The van der Waals surface area contributed by atoms with Crippen LogP contribution in [0.5, 0.6) is 5.75 Å². The van der Waals surface area contributed by atoms with Crippen LogP contribution in [0, 0.1) is 5.92 Å². The average Bonchev–Trinajstić information content (AvgIpc) is 3.10. The first kappa shape index (κ1) is 19.4. The van der Waals surface area contributed by atoms with Gasteiger partial charge in [-0.1, -0.05) is 0 Å². The monoisotopic (exact) mass is 382 g/mol. The van der Waals surface area contributed by atoms with Gasteiger partial charge in [0.15, 0.2) is 0 Å². The summed E-state index contributed by atoms with van der Waals surface area (Å²) < 4.78 is 10.1. The molecule has 28 heavy (non-hydrogen) atoms. The topological polar surface area (TPSA) is 84.9 Å². The van der Waals surface area contributed by atoms with Crippen LogP contribution < -0.4 is 15.0 Å². The summed E-state index contributed by atoms with van der Waals surface area (Å²) in [6.45, 7) is 2.36. The summed E-state index contributed by atoms with van der Waals surface area (Å²) in [5.74, 6) is -0.469. The first-order chi connectivity index (χ1) is 13.5. The highest BCUT2D eigenvalue weighted by molar-refractivity contribution is 6.03. The van der Waals surface area contributed by atoms with Crippen LogP contribution in [0.2, 0.25) is 0 Å². The first-order valence-corrected chi connectivity index (χ1v) is 9.04. The molecule has 3 rings (SSSR count). The molecule has 1 aliphatic rings. The molecule has 0 bridgehead atoms.